The van der Waals surface area contributed by atoms with E-state index in [2.05, 4.69) is 23.6 Å². The van der Waals surface area contributed by atoms with Crippen LogP contribution in [0.15, 0.2) is 11.1 Å². The highest BCUT2D eigenvalue weighted by molar-refractivity contribution is 5.32. The summed E-state index contributed by atoms with van der Waals surface area (Å²) in [4.78, 5) is 4.25. The molecule has 0 aromatic carbocycles. The molecule has 1 aliphatic rings. The molecule has 3 nitrogen and oxygen atoms in total. The number of hydrogen-bond donors (Lipinski definition) is 0. The van der Waals surface area contributed by atoms with Gasteiger partial charge in [-0.15, -0.1) is 0 Å². The zero-order valence-corrected chi connectivity index (χ0v) is 7.86. The van der Waals surface area contributed by atoms with Gasteiger partial charge in [-0.05, 0) is 31.3 Å². The maximum atomic E-state index is 4.98. The minimum absolute atomic E-state index is 0.507. The van der Waals surface area contributed by atoms with E-state index < -0.39 is 0 Å². The normalized spacial score (nSPS) is 27.8. The van der Waals surface area contributed by atoms with Crippen LogP contribution in [0.2, 0.25) is 0 Å². The predicted molar refractivity (Wildman–Crippen MR) is 50.1 cm³/mol. The summed E-state index contributed by atoms with van der Waals surface area (Å²) < 4.78 is 4.98. The Bertz CT molecular complexity index is 306. The highest BCUT2D eigenvalue weighted by atomic mass is 16.5. The zero-order valence-electron chi connectivity index (χ0n) is 7.86. The van der Waals surface area contributed by atoms with Crippen LogP contribution in [-0.2, 0) is 0 Å². The molecule has 0 saturated heterocycles. The number of nitrogens with zero attached hydrogens (tertiary/aromatic N) is 2. The molecule has 2 rings (SSSR count). The van der Waals surface area contributed by atoms with Crippen LogP contribution < -0.4 is 0 Å². The van der Waals surface area contributed by atoms with Gasteiger partial charge in [0.15, 0.2) is 5.82 Å². The van der Waals surface area contributed by atoms with Gasteiger partial charge >= 0.3 is 0 Å². The monoisotopic (exact) mass is 178 g/mol. The van der Waals surface area contributed by atoms with E-state index in [1.165, 1.54) is 19.3 Å². The Morgan fingerprint density at radius 1 is 1.54 bits per heavy atom. The molecular weight excluding hydrogens is 164 g/mol. The van der Waals surface area contributed by atoms with Gasteiger partial charge in [-0.25, -0.2) is 0 Å². The van der Waals surface area contributed by atoms with E-state index in [9.17, 15) is 0 Å². The Morgan fingerprint density at radius 3 is 2.92 bits per heavy atom. The van der Waals surface area contributed by atoms with Crippen LogP contribution in [0.25, 0.3) is 6.08 Å². The molecule has 0 bridgehead atoms. The summed E-state index contributed by atoms with van der Waals surface area (Å²) >= 11 is 0. The molecule has 13 heavy (non-hydrogen) atoms. The molecule has 2 atom stereocenters. The first-order valence-electron chi connectivity index (χ1n) is 4.75. The number of rotatable bonds is 2. The zero-order chi connectivity index (χ0) is 9.26. The summed E-state index contributed by atoms with van der Waals surface area (Å²) in [7, 11) is 0. The van der Waals surface area contributed by atoms with Crippen LogP contribution in [-0.4, -0.2) is 10.1 Å². The minimum Gasteiger partial charge on any atom is -0.335 e. The van der Waals surface area contributed by atoms with Crippen molar-refractivity contribution in [2.75, 3.05) is 0 Å². The van der Waals surface area contributed by atoms with E-state index in [0.717, 1.165) is 11.7 Å². The fraction of sp³-hybridized carbons (Fsp3) is 0.600. The van der Waals surface area contributed by atoms with Gasteiger partial charge in [0.25, 0.3) is 0 Å². The second-order valence-corrected chi connectivity index (χ2v) is 3.81. The molecule has 3 heteroatoms. The summed E-state index contributed by atoms with van der Waals surface area (Å²) in [5, 5.41) is 3.95. The van der Waals surface area contributed by atoms with Crippen LogP contribution in [0, 0.1) is 5.92 Å². The van der Waals surface area contributed by atoms with Crippen molar-refractivity contribution in [3.63, 3.8) is 0 Å². The SMILES string of the molecule is C=Cc1nc(C2CCC(C)C2)no1. The lowest BCUT2D eigenvalue weighted by Crippen LogP contribution is -1.95. The van der Waals surface area contributed by atoms with Crippen LogP contribution in [0.5, 0.6) is 0 Å². The standard InChI is InChI=1S/C10H14N2O/c1-3-9-11-10(12-13-9)8-5-4-7(2)6-8/h3,7-8H,1,4-6H2,2H3. The Labute approximate surface area is 77.8 Å². The summed E-state index contributed by atoms with van der Waals surface area (Å²) in [6, 6.07) is 0. The average Bonchev–Trinajstić information content (AvgIpc) is 2.71. The Hall–Kier alpha value is -1.12. The fourth-order valence-corrected chi connectivity index (χ4v) is 1.94. The molecule has 1 aliphatic carbocycles. The third-order valence-electron chi connectivity index (χ3n) is 2.69. The van der Waals surface area contributed by atoms with Gasteiger partial charge in [-0.3, -0.25) is 0 Å². The number of hydrogen-bond acceptors (Lipinski definition) is 3. The molecule has 1 saturated carbocycles. The van der Waals surface area contributed by atoms with E-state index in [1.807, 2.05) is 0 Å². The van der Waals surface area contributed by atoms with Gasteiger partial charge in [0.1, 0.15) is 0 Å². The summed E-state index contributed by atoms with van der Waals surface area (Å²) in [5.74, 6) is 2.71. The van der Waals surface area contributed by atoms with Gasteiger partial charge in [-0.2, -0.15) is 4.98 Å². The molecule has 0 aliphatic heterocycles. The largest absolute Gasteiger partial charge is 0.335 e. The lowest BCUT2D eigenvalue weighted by atomic mass is 10.1. The molecule has 1 aromatic rings. The highest BCUT2D eigenvalue weighted by Crippen LogP contribution is 2.36. The quantitative estimate of drug-likeness (QED) is 0.698. The first-order chi connectivity index (χ1) is 6.29. The maximum Gasteiger partial charge on any atom is 0.250 e. The lowest BCUT2D eigenvalue weighted by Gasteiger charge is -2.01. The van der Waals surface area contributed by atoms with Crippen LogP contribution in [0.3, 0.4) is 0 Å². The minimum atomic E-state index is 0.507. The van der Waals surface area contributed by atoms with E-state index >= 15 is 0 Å². The van der Waals surface area contributed by atoms with Crippen molar-refractivity contribution in [2.45, 2.75) is 32.1 Å². The third kappa shape index (κ3) is 1.64. The van der Waals surface area contributed by atoms with Gasteiger partial charge in [-0.1, -0.05) is 18.7 Å². The number of aromatic nitrogens is 2. The van der Waals surface area contributed by atoms with Gasteiger partial charge in [0.05, 0.1) is 0 Å². The summed E-state index contributed by atoms with van der Waals surface area (Å²) in [6.07, 6.45) is 5.25. The van der Waals surface area contributed by atoms with Crippen molar-refractivity contribution in [2.24, 2.45) is 5.92 Å². The van der Waals surface area contributed by atoms with E-state index in [1.54, 1.807) is 6.08 Å². The first kappa shape index (κ1) is 8.48. The predicted octanol–water partition coefficient (Wildman–Crippen LogP) is 2.62. The van der Waals surface area contributed by atoms with Crippen LogP contribution in [0.1, 0.15) is 43.8 Å². The Morgan fingerprint density at radius 2 is 2.38 bits per heavy atom. The average molecular weight is 178 g/mol. The second kappa shape index (κ2) is 3.32. The van der Waals surface area contributed by atoms with Gasteiger partial charge < -0.3 is 4.52 Å². The molecule has 0 radical (unpaired) electrons. The van der Waals surface area contributed by atoms with Crippen molar-refractivity contribution in [1.82, 2.24) is 10.1 Å². The van der Waals surface area contributed by atoms with Gasteiger partial charge in [0.2, 0.25) is 5.89 Å². The highest BCUT2D eigenvalue weighted by Gasteiger charge is 2.26. The molecule has 0 spiro atoms. The van der Waals surface area contributed by atoms with Crippen LogP contribution >= 0.6 is 0 Å². The Balaban J connectivity index is 2.12. The molecule has 1 aromatic heterocycles. The molecule has 1 fully saturated rings. The smallest absolute Gasteiger partial charge is 0.250 e. The van der Waals surface area contributed by atoms with E-state index in [4.69, 9.17) is 4.52 Å². The first-order valence-corrected chi connectivity index (χ1v) is 4.75. The van der Waals surface area contributed by atoms with Crippen LogP contribution in [0.4, 0.5) is 0 Å². The van der Waals surface area contributed by atoms with Crippen molar-refractivity contribution in [1.29, 1.82) is 0 Å². The molecule has 70 valence electrons. The van der Waals surface area contributed by atoms with E-state index in [-0.39, 0.29) is 0 Å². The van der Waals surface area contributed by atoms with E-state index in [0.29, 0.717) is 11.8 Å². The van der Waals surface area contributed by atoms with Crippen molar-refractivity contribution in [3.8, 4) is 0 Å². The topological polar surface area (TPSA) is 38.9 Å². The molecule has 0 N–H and O–H groups in total. The fourth-order valence-electron chi connectivity index (χ4n) is 1.94. The van der Waals surface area contributed by atoms with Crippen molar-refractivity contribution >= 4 is 6.08 Å². The summed E-state index contributed by atoms with van der Waals surface area (Å²) in [6.45, 7) is 5.86. The van der Waals surface area contributed by atoms with Gasteiger partial charge in [0, 0.05) is 5.92 Å². The lowest BCUT2D eigenvalue weighted by molar-refractivity contribution is 0.397. The third-order valence-corrected chi connectivity index (χ3v) is 2.69. The van der Waals surface area contributed by atoms with Crippen molar-refractivity contribution < 1.29 is 4.52 Å². The molecular formula is C10H14N2O. The molecule has 1 heterocycles. The van der Waals surface area contributed by atoms with Crippen molar-refractivity contribution in [3.05, 3.63) is 18.3 Å². The molecule has 0 amide bonds. The second-order valence-electron chi connectivity index (χ2n) is 3.81. The maximum absolute atomic E-state index is 4.98. The summed E-state index contributed by atoms with van der Waals surface area (Å²) in [5.41, 5.74) is 0. The molecule has 2 unspecified atom stereocenters. The Kier molecular flexibility index (Phi) is 2.17.